The molecular formula is C17H18F3N3OS. The highest BCUT2D eigenvalue weighted by atomic mass is 32.2. The van der Waals surface area contributed by atoms with Crippen LogP contribution in [0.15, 0.2) is 47.8 Å². The van der Waals surface area contributed by atoms with E-state index in [4.69, 9.17) is 0 Å². The van der Waals surface area contributed by atoms with Gasteiger partial charge in [-0.05, 0) is 18.1 Å². The molecule has 0 fully saturated rings. The number of thioether (sulfide) groups is 1. The Hall–Kier alpha value is -2.09. The van der Waals surface area contributed by atoms with Gasteiger partial charge in [0.25, 0.3) is 0 Å². The first kappa shape index (κ1) is 19.2. The summed E-state index contributed by atoms with van der Waals surface area (Å²) in [5, 5.41) is 2.84. The van der Waals surface area contributed by atoms with Crippen LogP contribution in [0.25, 0.3) is 0 Å². The van der Waals surface area contributed by atoms with Crippen LogP contribution in [0.1, 0.15) is 37.1 Å². The van der Waals surface area contributed by atoms with Crippen molar-refractivity contribution in [1.82, 2.24) is 15.3 Å². The Labute approximate surface area is 148 Å². The van der Waals surface area contributed by atoms with Gasteiger partial charge in [0.05, 0.1) is 11.8 Å². The molecule has 0 saturated heterocycles. The zero-order chi connectivity index (χ0) is 18.3. The van der Waals surface area contributed by atoms with Gasteiger partial charge >= 0.3 is 6.18 Å². The number of carbonyl (C=O) groups excluding carboxylic acids is 1. The molecule has 0 aliphatic heterocycles. The summed E-state index contributed by atoms with van der Waals surface area (Å²) in [6.45, 7) is 2.02. The van der Waals surface area contributed by atoms with Gasteiger partial charge in [-0.1, -0.05) is 55.4 Å². The number of benzene rings is 1. The third-order valence-electron chi connectivity index (χ3n) is 3.37. The van der Waals surface area contributed by atoms with Crippen molar-refractivity contribution in [3.8, 4) is 0 Å². The predicted octanol–water partition coefficient (Wildman–Crippen LogP) is 4.25. The van der Waals surface area contributed by atoms with Gasteiger partial charge in [0, 0.05) is 6.20 Å². The molecule has 0 bridgehead atoms. The summed E-state index contributed by atoms with van der Waals surface area (Å²) in [7, 11) is 0. The number of amides is 1. The lowest BCUT2D eigenvalue weighted by Crippen LogP contribution is -2.30. The van der Waals surface area contributed by atoms with E-state index in [1.807, 2.05) is 37.3 Å². The van der Waals surface area contributed by atoms with Crippen LogP contribution in [0.4, 0.5) is 13.2 Å². The Morgan fingerprint density at radius 2 is 1.96 bits per heavy atom. The fraction of sp³-hybridized carbons (Fsp3) is 0.353. The van der Waals surface area contributed by atoms with Crippen LogP contribution < -0.4 is 5.32 Å². The molecule has 1 unspecified atom stereocenters. The zero-order valence-corrected chi connectivity index (χ0v) is 14.4. The number of nitrogens with zero attached hydrogens (tertiary/aromatic N) is 2. The quantitative estimate of drug-likeness (QED) is 0.586. The third kappa shape index (κ3) is 6.04. The van der Waals surface area contributed by atoms with Gasteiger partial charge in [-0.3, -0.25) is 4.79 Å². The molecular weight excluding hydrogens is 351 g/mol. The van der Waals surface area contributed by atoms with E-state index in [-0.39, 0.29) is 22.9 Å². The second-order valence-corrected chi connectivity index (χ2v) is 6.27. The molecule has 8 heteroatoms. The van der Waals surface area contributed by atoms with Gasteiger partial charge in [0.1, 0.15) is 5.69 Å². The predicted molar refractivity (Wildman–Crippen MR) is 90.0 cm³/mol. The van der Waals surface area contributed by atoms with Crippen LogP contribution in [-0.4, -0.2) is 21.6 Å². The highest BCUT2D eigenvalue weighted by Gasteiger charge is 2.32. The number of hydrogen-bond acceptors (Lipinski definition) is 4. The summed E-state index contributed by atoms with van der Waals surface area (Å²) >= 11 is 0.880. The van der Waals surface area contributed by atoms with E-state index >= 15 is 0 Å². The maximum atomic E-state index is 12.6. The average Bonchev–Trinajstić information content (AvgIpc) is 2.60. The van der Waals surface area contributed by atoms with Crippen molar-refractivity contribution in [2.24, 2.45) is 0 Å². The van der Waals surface area contributed by atoms with E-state index in [9.17, 15) is 18.0 Å². The summed E-state index contributed by atoms with van der Waals surface area (Å²) in [6, 6.07) is 10.2. The van der Waals surface area contributed by atoms with E-state index in [0.29, 0.717) is 0 Å². The number of nitrogens with one attached hydrogen (secondary N) is 1. The van der Waals surface area contributed by atoms with Gasteiger partial charge in [0.2, 0.25) is 5.91 Å². The maximum absolute atomic E-state index is 12.6. The smallest absolute Gasteiger partial charge is 0.349 e. The zero-order valence-electron chi connectivity index (χ0n) is 13.6. The van der Waals surface area contributed by atoms with E-state index < -0.39 is 11.9 Å². The Kier molecular flexibility index (Phi) is 6.81. The Bertz CT molecular complexity index is 695. The second kappa shape index (κ2) is 8.84. The lowest BCUT2D eigenvalue weighted by atomic mass is 10.0. The lowest BCUT2D eigenvalue weighted by molar-refractivity contribution is -0.141. The molecule has 0 spiro atoms. The number of rotatable bonds is 7. The summed E-state index contributed by atoms with van der Waals surface area (Å²) in [4.78, 5) is 19.4. The van der Waals surface area contributed by atoms with Crippen molar-refractivity contribution >= 4 is 17.7 Å². The summed E-state index contributed by atoms with van der Waals surface area (Å²) in [5.41, 5.74) is -0.0171. The number of aromatic nitrogens is 2. The Balaban J connectivity index is 1.95. The van der Waals surface area contributed by atoms with Crippen LogP contribution >= 0.6 is 11.8 Å². The minimum atomic E-state index is -4.53. The molecule has 1 atom stereocenters. The molecule has 2 rings (SSSR count). The van der Waals surface area contributed by atoms with E-state index in [1.165, 1.54) is 0 Å². The number of hydrogen-bond donors (Lipinski definition) is 1. The van der Waals surface area contributed by atoms with Crippen LogP contribution in [-0.2, 0) is 11.0 Å². The summed E-state index contributed by atoms with van der Waals surface area (Å²) in [6.07, 6.45) is -1.82. The molecule has 0 aliphatic rings. The minimum absolute atomic E-state index is 0.0473. The summed E-state index contributed by atoms with van der Waals surface area (Å²) < 4.78 is 37.9. The maximum Gasteiger partial charge on any atom is 0.433 e. The normalized spacial score (nSPS) is 12.6. The van der Waals surface area contributed by atoms with Crippen LogP contribution in [0, 0.1) is 0 Å². The molecule has 4 nitrogen and oxygen atoms in total. The lowest BCUT2D eigenvalue weighted by Gasteiger charge is -2.18. The van der Waals surface area contributed by atoms with Crippen molar-refractivity contribution in [3.05, 3.63) is 53.9 Å². The van der Waals surface area contributed by atoms with Crippen molar-refractivity contribution < 1.29 is 18.0 Å². The molecule has 0 radical (unpaired) electrons. The minimum Gasteiger partial charge on any atom is -0.349 e. The van der Waals surface area contributed by atoms with Crippen LogP contribution in [0.3, 0.4) is 0 Å². The monoisotopic (exact) mass is 369 g/mol. The van der Waals surface area contributed by atoms with Crippen molar-refractivity contribution in [1.29, 1.82) is 0 Å². The Morgan fingerprint density at radius 1 is 1.24 bits per heavy atom. The molecule has 1 amide bonds. The average molecular weight is 369 g/mol. The molecule has 25 heavy (non-hydrogen) atoms. The van der Waals surface area contributed by atoms with E-state index in [0.717, 1.165) is 42.4 Å². The van der Waals surface area contributed by atoms with Gasteiger partial charge in [0.15, 0.2) is 5.16 Å². The van der Waals surface area contributed by atoms with Crippen LogP contribution in [0.2, 0.25) is 0 Å². The van der Waals surface area contributed by atoms with Crippen molar-refractivity contribution in [2.75, 3.05) is 5.75 Å². The molecule has 1 heterocycles. The van der Waals surface area contributed by atoms with Gasteiger partial charge in [-0.25, -0.2) is 9.97 Å². The number of halogens is 3. The molecule has 134 valence electrons. The second-order valence-electron chi connectivity index (χ2n) is 5.33. The highest BCUT2D eigenvalue weighted by molar-refractivity contribution is 7.99. The summed E-state index contributed by atoms with van der Waals surface area (Å²) in [5.74, 6) is -0.317. The molecule has 0 aliphatic carbocycles. The van der Waals surface area contributed by atoms with Crippen molar-refractivity contribution in [3.63, 3.8) is 0 Å². The molecule has 1 N–H and O–H groups in total. The SMILES string of the molecule is CCCC(NC(=O)CSc1nccc(C(F)(F)F)n1)c1ccccc1. The number of alkyl halides is 3. The van der Waals surface area contributed by atoms with Gasteiger partial charge < -0.3 is 5.32 Å². The van der Waals surface area contributed by atoms with Crippen LogP contribution in [0.5, 0.6) is 0 Å². The standard InChI is InChI=1S/C17H18F3N3OS/c1-2-6-13(12-7-4-3-5-8-12)22-15(24)11-25-16-21-10-9-14(23-16)17(18,19)20/h3-5,7-10,13H,2,6,11H2,1H3,(H,22,24). The van der Waals surface area contributed by atoms with E-state index in [1.54, 1.807) is 0 Å². The largest absolute Gasteiger partial charge is 0.433 e. The fourth-order valence-corrected chi connectivity index (χ4v) is 2.87. The molecule has 0 saturated carbocycles. The molecule has 1 aromatic carbocycles. The first-order valence-electron chi connectivity index (χ1n) is 7.77. The van der Waals surface area contributed by atoms with Gasteiger partial charge in [-0.2, -0.15) is 13.2 Å². The number of carbonyl (C=O) groups is 1. The first-order valence-corrected chi connectivity index (χ1v) is 8.76. The third-order valence-corrected chi connectivity index (χ3v) is 4.23. The fourth-order valence-electron chi connectivity index (χ4n) is 2.23. The van der Waals surface area contributed by atoms with E-state index in [2.05, 4.69) is 15.3 Å². The van der Waals surface area contributed by atoms with Crippen molar-refractivity contribution in [2.45, 2.75) is 37.1 Å². The highest BCUT2D eigenvalue weighted by Crippen LogP contribution is 2.28. The van der Waals surface area contributed by atoms with Gasteiger partial charge in [-0.15, -0.1) is 0 Å². The Morgan fingerprint density at radius 3 is 2.60 bits per heavy atom. The topological polar surface area (TPSA) is 54.9 Å². The molecule has 2 aromatic rings. The first-order chi connectivity index (χ1) is 11.9. The molecule has 1 aromatic heterocycles.